The Bertz CT molecular complexity index is 479. The molecule has 0 spiro atoms. The van der Waals surface area contributed by atoms with Gasteiger partial charge in [-0.25, -0.2) is 4.98 Å². The number of thioether (sulfide) groups is 1. The number of hydrogen-bond donors (Lipinski definition) is 1. The van der Waals surface area contributed by atoms with Crippen molar-refractivity contribution in [1.82, 2.24) is 10.3 Å². The van der Waals surface area contributed by atoms with E-state index in [1.54, 1.807) is 23.9 Å². The van der Waals surface area contributed by atoms with Crippen molar-refractivity contribution in [3.05, 3.63) is 30.5 Å². The molecule has 17 heavy (non-hydrogen) atoms. The van der Waals surface area contributed by atoms with Gasteiger partial charge in [-0.05, 0) is 18.4 Å². The first kappa shape index (κ1) is 11.8. The zero-order valence-electron chi connectivity index (χ0n) is 9.30. The van der Waals surface area contributed by atoms with Crippen molar-refractivity contribution in [3.8, 4) is 11.5 Å². The van der Waals surface area contributed by atoms with Crippen molar-refractivity contribution >= 4 is 17.7 Å². The summed E-state index contributed by atoms with van der Waals surface area (Å²) in [6.45, 7) is 0.602. The fraction of sp³-hybridized carbons (Fsp3) is 0.273. The highest BCUT2D eigenvalue weighted by molar-refractivity contribution is 7.98. The van der Waals surface area contributed by atoms with Gasteiger partial charge in [-0.15, -0.1) is 0 Å². The third-order valence-electron chi connectivity index (χ3n) is 2.12. The predicted molar refractivity (Wildman–Crippen MR) is 64.9 cm³/mol. The van der Waals surface area contributed by atoms with Crippen LogP contribution in [-0.2, 0) is 0 Å². The molecule has 2 heterocycles. The molecule has 0 fully saturated rings. The minimum Gasteiger partial charge on any atom is -0.461 e. The Kier molecular flexibility index (Phi) is 3.87. The molecule has 0 unspecified atom stereocenters. The lowest BCUT2D eigenvalue weighted by Gasteiger charge is -2.01. The standard InChI is InChI=1S/C11H12N2O3S/c1-17-6-4-12-11(14)9-10(16-7-13-9)8-3-2-5-15-8/h2-3,5,7H,4,6H2,1H3,(H,12,14). The first-order valence-electron chi connectivity index (χ1n) is 5.07. The molecule has 0 aliphatic carbocycles. The van der Waals surface area contributed by atoms with Gasteiger partial charge in [-0.1, -0.05) is 0 Å². The van der Waals surface area contributed by atoms with Crippen molar-refractivity contribution < 1.29 is 13.6 Å². The largest absolute Gasteiger partial charge is 0.461 e. The van der Waals surface area contributed by atoms with Gasteiger partial charge in [-0.3, -0.25) is 4.79 Å². The SMILES string of the molecule is CSCCNC(=O)c1ncoc1-c1ccco1. The number of aromatic nitrogens is 1. The molecule has 0 atom stereocenters. The molecule has 5 nitrogen and oxygen atoms in total. The second-order valence-corrected chi connectivity index (χ2v) is 4.24. The highest BCUT2D eigenvalue weighted by atomic mass is 32.2. The molecule has 0 aliphatic heterocycles. The molecule has 2 aromatic heterocycles. The Morgan fingerprint density at radius 2 is 2.41 bits per heavy atom. The molecule has 6 heteroatoms. The van der Waals surface area contributed by atoms with Crippen LogP contribution >= 0.6 is 11.8 Å². The second-order valence-electron chi connectivity index (χ2n) is 3.26. The lowest BCUT2D eigenvalue weighted by atomic mass is 10.2. The molecule has 1 N–H and O–H groups in total. The van der Waals surface area contributed by atoms with Crippen LogP contribution in [0.5, 0.6) is 0 Å². The minimum atomic E-state index is -0.251. The third-order valence-corrected chi connectivity index (χ3v) is 2.73. The lowest BCUT2D eigenvalue weighted by Crippen LogP contribution is -2.26. The first-order chi connectivity index (χ1) is 8.33. The predicted octanol–water partition coefficient (Wildman–Crippen LogP) is 2.03. The van der Waals surface area contributed by atoms with E-state index in [2.05, 4.69) is 10.3 Å². The zero-order chi connectivity index (χ0) is 12.1. The molecule has 1 amide bonds. The van der Waals surface area contributed by atoms with E-state index in [0.717, 1.165) is 5.75 Å². The van der Waals surface area contributed by atoms with Gasteiger partial charge in [0.15, 0.2) is 17.8 Å². The van der Waals surface area contributed by atoms with Crippen LogP contribution in [0.1, 0.15) is 10.5 Å². The normalized spacial score (nSPS) is 10.4. The molecule has 2 rings (SSSR count). The summed E-state index contributed by atoms with van der Waals surface area (Å²) in [6, 6.07) is 3.45. The van der Waals surface area contributed by atoms with E-state index in [0.29, 0.717) is 18.1 Å². The number of oxazole rings is 1. The first-order valence-corrected chi connectivity index (χ1v) is 6.47. The lowest BCUT2D eigenvalue weighted by molar-refractivity contribution is 0.0952. The van der Waals surface area contributed by atoms with Crippen LogP contribution in [-0.4, -0.2) is 29.4 Å². The van der Waals surface area contributed by atoms with Crippen LogP contribution < -0.4 is 5.32 Å². The molecule has 2 aromatic rings. The van der Waals surface area contributed by atoms with E-state index in [1.807, 2.05) is 6.26 Å². The van der Waals surface area contributed by atoms with Gasteiger partial charge >= 0.3 is 0 Å². The Labute approximate surface area is 103 Å². The quantitative estimate of drug-likeness (QED) is 0.824. The van der Waals surface area contributed by atoms with Crippen molar-refractivity contribution in [1.29, 1.82) is 0 Å². The Morgan fingerprint density at radius 1 is 1.53 bits per heavy atom. The maximum Gasteiger partial charge on any atom is 0.274 e. The highest BCUT2D eigenvalue weighted by Gasteiger charge is 2.19. The van der Waals surface area contributed by atoms with Crippen LogP contribution in [0.2, 0.25) is 0 Å². The van der Waals surface area contributed by atoms with E-state index in [-0.39, 0.29) is 11.6 Å². The molecule has 0 saturated heterocycles. The maximum atomic E-state index is 11.8. The second kappa shape index (κ2) is 5.58. The van der Waals surface area contributed by atoms with Crippen LogP contribution in [0.15, 0.2) is 33.6 Å². The molecule has 0 bridgehead atoms. The summed E-state index contributed by atoms with van der Waals surface area (Å²) in [6.07, 6.45) is 4.74. The van der Waals surface area contributed by atoms with Gasteiger partial charge in [0, 0.05) is 12.3 Å². The highest BCUT2D eigenvalue weighted by Crippen LogP contribution is 2.23. The Balaban J connectivity index is 2.11. The smallest absolute Gasteiger partial charge is 0.274 e. The summed E-state index contributed by atoms with van der Waals surface area (Å²) < 4.78 is 10.3. The molecule has 0 aromatic carbocycles. The Morgan fingerprint density at radius 3 is 3.12 bits per heavy atom. The van der Waals surface area contributed by atoms with Gasteiger partial charge in [-0.2, -0.15) is 11.8 Å². The average molecular weight is 252 g/mol. The number of amides is 1. The summed E-state index contributed by atoms with van der Waals surface area (Å²) >= 11 is 1.67. The number of furan rings is 1. The van der Waals surface area contributed by atoms with Crippen molar-refractivity contribution in [2.24, 2.45) is 0 Å². The summed E-state index contributed by atoms with van der Waals surface area (Å²) in [5, 5.41) is 2.76. The summed E-state index contributed by atoms with van der Waals surface area (Å²) in [7, 11) is 0. The molecular formula is C11H12N2O3S. The summed E-state index contributed by atoms with van der Waals surface area (Å²) in [5.41, 5.74) is 0.251. The summed E-state index contributed by atoms with van der Waals surface area (Å²) in [5.74, 6) is 1.47. The number of nitrogens with zero attached hydrogens (tertiary/aromatic N) is 1. The minimum absolute atomic E-state index is 0.251. The van der Waals surface area contributed by atoms with Crippen LogP contribution in [0.3, 0.4) is 0 Å². The molecular weight excluding hydrogens is 240 g/mol. The molecule has 0 saturated carbocycles. The van der Waals surface area contributed by atoms with E-state index < -0.39 is 0 Å². The average Bonchev–Trinajstić information content (AvgIpc) is 2.99. The van der Waals surface area contributed by atoms with E-state index in [1.165, 1.54) is 12.7 Å². The fourth-order valence-electron chi connectivity index (χ4n) is 1.34. The van der Waals surface area contributed by atoms with E-state index in [4.69, 9.17) is 8.83 Å². The Hall–Kier alpha value is -1.69. The van der Waals surface area contributed by atoms with Gasteiger partial charge in [0.25, 0.3) is 5.91 Å². The molecule has 0 aliphatic rings. The van der Waals surface area contributed by atoms with Crippen LogP contribution in [0.4, 0.5) is 0 Å². The van der Waals surface area contributed by atoms with Gasteiger partial charge in [0.05, 0.1) is 6.26 Å². The van der Waals surface area contributed by atoms with Crippen LogP contribution in [0, 0.1) is 0 Å². The monoisotopic (exact) mass is 252 g/mol. The summed E-state index contributed by atoms with van der Waals surface area (Å²) in [4.78, 5) is 15.7. The maximum absolute atomic E-state index is 11.8. The number of nitrogens with one attached hydrogen (secondary N) is 1. The number of carbonyl (C=O) groups is 1. The van der Waals surface area contributed by atoms with Gasteiger partial charge < -0.3 is 14.2 Å². The third kappa shape index (κ3) is 2.71. The molecule has 0 radical (unpaired) electrons. The van der Waals surface area contributed by atoms with Crippen molar-refractivity contribution in [2.75, 3.05) is 18.6 Å². The van der Waals surface area contributed by atoms with Gasteiger partial charge in [0.2, 0.25) is 5.76 Å². The number of hydrogen-bond acceptors (Lipinski definition) is 5. The zero-order valence-corrected chi connectivity index (χ0v) is 10.1. The van der Waals surface area contributed by atoms with E-state index >= 15 is 0 Å². The topological polar surface area (TPSA) is 68.3 Å². The number of rotatable bonds is 5. The number of carbonyl (C=O) groups excluding carboxylic acids is 1. The fourth-order valence-corrected chi connectivity index (χ4v) is 1.65. The van der Waals surface area contributed by atoms with Crippen molar-refractivity contribution in [2.45, 2.75) is 0 Å². The van der Waals surface area contributed by atoms with Crippen molar-refractivity contribution in [3.63, 3.8) is 0 Å². The van der Waals surface area contributed by atoms with Crippen LogP contribution in [0.25, 0.3) is 11.5 Å². The molecule has 90 valence electrons. The van der Waals surface area contributed by atoms with Gasteiger partial charge in [0.1, 0.15) is 0 Å². The van der Waals surface area contributed by atoms with E-state index in [9.17, 15) is 4.79 Å².